The monoisotopic (exact) mass is 653 g/mol. The highest BCUT2D eigenvalue weighted by molar-refractivity contribution is 9.10. The summed E-state index contributed by atoms with van der Waals surface area (Å²) in [6, 6.07) is 13.5. The van der Waals surface area contributed by atoms with E-state index >= 15 is 0 Å². The second-order valence-corrected chi connectivity index (χ2v) is 10.8. The Morgan fingerprint density at radius 3 is 2.67 bits per heavy atom. The first-order valence-corrected chi connectivity index (χ1v) is 14.7. The summed E-state index contributed by atoms with van der Waals surface area (Å²) in [5, 5.41) is 15.4. The van der Waals surface area contributed by atoms with Gasteiger partial charge in [-0.15, -0.1) is 10.2 Å². The number of H-pyrrole nitrogens is 1. The summed E-state index contributed by atoms with van der Waals surface area (Å²) in [5.74, 6) is 0.896. The molecule has 0 atom stereocenters. The van der Waals surface area contributed by atoms with Crippen LogP contribution >= 0.6 is 27.5 Å². The zero-order valence-corrected chi connectivity index (χ0v) is 25.7. The number of aromatic amines is 1. The lowest BCUT2D eigenvalue weighted by Gasteiger charge is -2.18. The van der Waals surface area contributed by atoms with Crippen molar-refractivity contribution in [2.24, 2.45) is 0 Å². The number of furan rings is 1. The number of nitrogens with one attached hydrogen (secondary N) is 1. The minimum absolute atomic E-state index is 0.104. The number of carbonyl (C=O) groups excluding carboxylic acids is 2. The average Bonchev–Trinajstić information content (AvgIpc) is 3.70. The number of hydrogen-bond donors (Lipinski definition) is 1. The highest BCUT2D eigenvalue weighted by Crippen LogP contribution is 2.41. The third kappa shape index (κ3) is 5.95. The maximum atomic E-state index is 13.5. The summed E-state index contributed by atoms with van der Waals surface area (Å²) < 4.78 is 13.9. The van der Waals surface area contributed by atoms with Gasteiger partial charge in [-0.3, -0.25) is 9.59 Å². The van der Waals surface area contributed by atoms with Crippen LogP contribution in [-0.2, 0) is 22.5 Å². The predicted octanol–water partition coefficient (Wildman–Crippen LogP) is 5.92. The molecule has 0 radical (unpaired) electrons. The first-order chi connectivity index (χ1) is 20.3. The summed E-state index contributed by atoms with van der Waals surface area (Å²) in [6.45, 7) is 4.19. The molecule has 0 fully saturated rings. The quantitative estimate of drug-likeness (QED) is 0.174. The highest BCUT2D eigenvalue weighted by Gasteiger charge is 2.26. The van der Waals surface area contributed by atoms with Crippen LogP contribution in [0.4, 0.5) is 0 Å². The zero-order valence-electron chi connectivity index (χ0n) is 23.4. The molecule has 0 aliphatic carbocycles. The number of ether oxygens (including phenoxy) is 1. The molecule has 1 amide bonds. The molecule has 5 aromatic rings. The van der Waals surface area contributed by atoms with Gasteiger partial charge < -0.3 is 18.6 Å². The van der Waals surface area contributed by atoms with Crippen molar-refractivity contribution in [2.45, 2.75) is 39.7 Å². The van der Waals surface area contributed by atoms with Crippen molar-refractivity contribution in [3.63, 3.8) is 0 Å². The average molecular weight is 655 g/mol. The normalized spacial score (nSPS) is 11.3. The smallest absolute Gasteiger partial charge is 0.325 e. The number of imidazole rings is 1. The molecule has 0 spiro atoms. The van der Waals surface area contributed by atoms with Gasteiger partial charge in [0, 0.05) is 36.5 Å². The molecule has 218 valence electrons. The van der Waals surface area contributed by atoms with Crippen molar-refractivity contribution in [3.8, 4) is 22.7 Å². The van der Waals surface area contributed by atoms with E-state index < -0.39 is 11.9 Å². The maximum absolute atomic E-state index is 13.5. The van der Waals surface area contributed by atoms with E-state index in [-0.39, 0.29) is 24.0 Å². The largest absolute Gasteiger partial charge is 0.465 e. The lowest BCUT2D eigenvalue weighted by Crippen LogP contribution is -2.34. The van der Waals surface area contributed by atoms with Crippen molar-refractivity contribution in [2.75, 3.05) is 20.2 Å². The van der Waals surface area contributed by atoms with Gasteiger partial charge in [-0.25, -0.2) is 4.98 Å². The Labute approximate surface area is 255 Å². The van der Waals surface area contributed by atoms with Crippen molar-refractivity contribution in [1.29, 1.82) is 0 Å². The van der Waals surface area contributed by atoms with Crippen molar-refractivity contribution in [1.82, 2.24) is 35.1 Å². The lowest BCUT2D eigenvalue weighted by atomic mass is 10.0. The second kappa shape index (κ2) is 12.9. The first-order valence-electron chi connectivity index (χ1n) is 13.5. The van der Waals surface area contributed by atoms with Gasteiger partial charge in [0.05, 0.1) is 11.1 Å². The molecule has 11 nitrogen and oxygen atoms in total. The van der Waals surface area contributed by atoms with Crippen LogP contribution in [0.25, 0.3) is 33.7 Å². The summed E-state index contributed by atoms with van der Waals surface area (Å²) in [6.07, 6.45) is 2.49. The number of nitrogens with zero attached hydrogens (tertiary/aromatic N) is 6. The molecular formula is C29H29BrClN7O4. The Hall–Kier alpha value is -4.03. The van der Waals surface area contributed by atoms with E-state index in [0.717, 1.165) is 39.4 Å². The topological polar surface area (TPSA) is 132 Å². The van der Waals surface area contributed by atoms with Gasteiger partial charge in [-0.1, -0.05) is 55.3 Å². The number of benzene rings is 2. The van der Waals surface area contributed by atoms with Crippen molar-refractivity contribution in [3.05, 3.63) is 69.2 Å². The van der Waals surface area contributed by atoms with E-state index in [1.165, 1.54) is 4.90 Å². The third-order valence-electron chi connectivity index (χ3n) is 6.77. The van der Waals surface area contributed by atoms with Crippen LogP contribution in [0, 0.1) is 0 Å². The van der Waals surface area contributed by atoms with Crippen LogP contribution in [0.5, 0.6) is 0 Å². The van der Waals surface area contributed by atoms with Gasteiger partial charge in [0.2, 0.25) is 5.82 Å². The summed E-state index contributed by atoms with van der Waals surface area (Å²) in [7, 11) is 1.54. The number of rotatable bonds is 11. The fraction of sp³-hybridized carbons (Fsp3) is 0.310. The number of aromatic nitrogens is 6. The molecule has 3 heterocycles. The molecule has 0 bridgehead atoms. The van der Waals surface area contributed by atoms with Gasteiger partial charge in [0.1, 0.15) is 29.4 Å². The van der Waals surface area contributed by atoms with Gasteiger partial charge in [0.15, 0.2) is 5.15 Å². The Balaban J connectivity index is 1.52. The molecule has 0 unspecified atom stereocenters. The number of unbranched alkanes of at least 4 members (excludes halogenated alkanes) is 1. The Morgan fingerprint density at radius 1 is 1.17 bits per heavy atom. The summed E-state index contributed by atoms with van der Waals surface area (Å²) in [5.41, 5.74) is 3.41. The van der Waals surface area contributed by atoms with Crippen LogP contribution in [0.2, 0.25) is 5.15 Å². The fourth-order valence-corrected chi connectivity index (χ4v) is 5.63. The van der Waals surface area contributed by atoms with E-state index in [9.17, 15) is 9.59 Å². The number of halogens is 2. The standard InChI is InChI=1S/C29H29BrClN7O4/c1-4-6-11-22-32-27(31)25(29(40)37(3)16-23(39)41-5-2)38(22)15-17-12-13-21-20(14-17)24(30)26(42-21)18-9-7-8-10-19(18)28-33-35-36-34-28/h7-10,12-14H,4-6,11,15-16H2,1-3H3,(H,33,34,35,36). The summed E-state index contributed by atoms with van der Waals surface area (Å²) in [4.78, 5) is 31.4. The number of tetrazole rings is 1. The molecule has 3 aromatic heterocycles. The van der Waals surface area contributed by atoms with Crippen LogP contribution in [0.3, 0.4) is 0 Å². The Morgan fingerprint density at radius 2 is 1.95 bits per heavy atom. The number of amides is 1. The molecule has 42 heavy (non-hydrogen) atoms. The highest BCUT2D eigenvalue weighted by atomic mass is 79.9. The first kappa shape index (κ1) is 29.5. The van der Waals surface area contributed by atoms with Crippen LogP contribution in [-0.4, -0.2) is 67.2 Å². The molecule has 2 aromatic carbocycles. The van der Waals surface area contributed by atoms with Crippen LogP contribution in [0.15, 0.2) is 51.4 Å². The summed E-state index contributed by atoms with van der Waals surface area (Å²) >= 11 is 10.3. The van der Waals surface area contributed by atoms with E-state index in [1.54, 1.807) is 14.0 Å². The van der Waals surface area contributed by atoms with Gasteiger partial charge in [-0.05, 0) is 52.2 Å². The second-order valence-electron chi connectivity index (χ2n) is 9.68. The van der Waals surface area contributed by atoms with Gasteiger partial charge in [0.25, 0.3) is 5.91 Å². The van der Waals surface area contributed by atoms with Crippen LogP contribution in [0.1, 0.15) is 48.6 Å². The van der Waals surface area contributed by atoms with Crippen molar-refractivity contribution >= 4 is 50.4 Å². The van der Waals surface area contributed by atoms with E-state index in [1.807, 2.05) is 47.0 Å². The molecular weight excluding hydrogens is 626 g/mol. The fourth-order valence-electron chi connectivity index (χ4n) is 4.74. The maximum Gasteiger partial charge on any atom is 0.325 e. The number of esters is 1. The minimum Gasteiger partial charge on any atom is -0.465 e. The SMILES string of the molecule is CCCCc1nc(Cl)c(C(=O)N(C)CC(=O)OCC)n1Cc1ccc2oc(-c3ccccc3-c3nn[nH]n3)c(Br)c2c1. The molecule has 13 heteroatoms. The van der Waals surface area contributed by atoms with E-state index in [2.05, 4.69) is 48.5 Å². The van der Waals surface area contributed by atoms with E-state index in [4.69, 9.17) is 20.8 Å². The number of hydrogen-bond acceptors (Lipinski definition) is 8. The molecule has 0 aliphatic rings. The van der Waals surface area contributed by atoms with Gasteiger partial charge >= 0.3 is 5.97 Å². The van der Waals surface area contributed by atoms with E-state index in [0.29, 0.717) is 36.0 Å². The number of aryl methyl sites for hydroxylation is 1. The molecule has 0 aliphatic heterocycles. The zero-order chi connectivity index (χ0) is 29.8. The number of likely N-dealkylation sites (N-methyl/N-ethyl adjacent to an activating group) is 1. The lowest BCUT2D eigenvalue weighted by molar-refractivity contribution is -0.143. The number of carbonyl (C=O) groups is 2. The minimum atomic E-state index is -0.492. The van der Waals surface area contributed by atoms with Gasteiger partial charge in [-0.2, -0.15) is 5.21 Å². The molecule has 0 saturated heterocycles. The molecule has 1 N–H and O–H groups in total. The van der Waals surface area contributed by atoms with Crippen molar-refractivity contribution < 1.29 is 18.7 Å². The number of fused-ring (bicyclic) bond motifs is 1. The molecule has 5 rings (SSSR count). The Kier molecular flexibility index (Phi) is 9.03. The third-order valence-corrected chi connectivity index (χ3v) is 7.82. The Bertz CT molecular complexity index is 1730. The molecule has 0 saturated carbocycles. The predicted molar refractivity (Wildman–Crippen MR) is 161 cm³/mol. The van der Waals surface area contributed by atoms with Crippen LogP contribution < -0.4 is 0 Å².